The van der Waals surface area contributed by atoms with Crippen LogP contribution in [0.2, 0.25) is 0 Å². The first-order chi connectivity index (χ1) is 13.6. The summed E-state index contributed by atoms with van der Waals surface area (Å²) in [5, 5.41) is 19.9. The number of nitrogens with two attached hydrogens (primary N) is 1. The molecule has 0 atom stereocenters. The van der Waals surface area contributed by atoms with Crippen molar-refractivity contribution in [1.29, 1.82) is 5.26 Å². The Hall–Kier alpha value is -3.03. The maximum Gasteiger partial charge on any atom is 0.234 e. The number of benzene rings is 2. The number of nitriles is 1. The van der Waals surface area contributed by atoms with Crippen LogP contribution in [0.4, 0.5) is 10.1 Å². The smallest absolute Gasteiger partial charge is 0.234 e. The van der Waals surface area contributed by atoms with E-state index in [1.807, 2.05) is 18.2 Å². The summed E-state index contributed by atoms with van der Waals surface area (Å²) in [5.74, 6) is 6.16. The molecule has 0 aliphatic rings. The normalized spacial score (nSPS) is 10.4. The molecule has 0 unspecified atom stereocenters. The molecule has 0 saturated heterocycles. The quantitative estimate of drug-likeness (QED) is 0.451. The van der Waals surface area contributed by atoms with Crippen molar-refractivity contribution in [3.8, 4) is 17.5 Å². The van der Waals surface area contributed by atoms with Crippen LogP contribution in [0.5, 0.6) is 0 Å². The summed E-state index contributed by atoms with van der Waals surface area (Å²) in [6, 6.07) is 15.1. The van der Waals surface area contributed by atoms with Gasteiger partial charge in [0.15, 0.2) is 5.82 Å². The van der Waals surface area contributed by atoms with E-state index in [-0.39, 0.29) is 17.5 Å². The average molecular weight is 414 g/mol. The van der Waals surface area contributed by atoms with Crippen LogP contribution >= 0.6 is 23.5 Å². The Morgan fingerprint density at radius 3 is 2.68 bits per heavy atom. The topological polar surface area (TPSA) is 110 Å². The molecule has 28 heavy (non-hydrogen) atoms. The summed E-state index contributed by atoms with van der Waals surface area (Å²) >= 11 is 2.49. The van der Waals surface area contributed by atoms with Gasteiger partial charge in [0.05, 0.1) is 23.3 Å². The van der Waals surface area contributed by atoms with Gasteiger partial charge >= 0.3 is 0 Å². The summed E-state index contributed by atoms with van der Waals surface area (Å²) in [4.78, 5) is 13.1. The zero-order chi connectivity index (χ0) is 19.9. The third-order valence-corrected chi connectivity index (χ3v) is 5.44. The highest BCUT2D eigenvalue weighted by atomic mass is 32.2. The highest BCUT2D eigenvalue weighted by Gasteiger charge is 2.14. The van der Waals surface area contributed by atoms with E-state index in [1.54, 1.807) is 18.2 Å². The molecule has 0 bridgehead atoms. The minimum absolute atomic E-state index is 0.0794. The Bertz CT molecular complexity index is 1020. The summed E-state index contributed by atoms with van der Waals surface area (Å²) < 4.78 is 14.3. The summed E-state index contributed by atoms with van der Waals surface area (Å²) in [7, 11) is 0. The van der Waals surface area contributed by atoms with Crippen LogP contribution in [0, 0.1) is 17.1 Å². The number of carbonyl (C=O) groups excluding carboxylic acids is 1. The van der Waals surface area contributed by atoms with E-state index in [1.165, 1.54) is 28.6 Å². The van der Waals surface area contributed by atoms with Gasteiger partial charge in [0.1, 0.15) is 5.82 Å². The number of amides is 1. The SMILES string of the molecule is N#CCSc1ccccc1NC(=O)CSc1nnc(-c2ccc(F)cc2)n1N. The molecule has 0 spiro atoms. The first kappa shape index (κ1) is 19.7. The molecule has 1 heterocycles. The lowest BCUT2D eigenvalue weighted by Gasteiger charge is -2.09. The molecule has 10 heteroatoms. The van der Waals surface area contributed by atoms with Crippen LogP contribution in [-0.4, -0.2) is 32.3 Å². The van der Waals surface area contributed by atoms with Gasteiger partial charge in [-0.05, 0) is 36.4 Å². The number of hydrogen-bond donors (Lipinski definition) is 2. The largest absolute Gasteiger partial charge is 0.335 e. The Morgan fingerprint density at radius 1 is 1.18 bits per heavy atom. The van der Waals surface area contributed by atoms with Crippen LogP contribution in [0.25, 0.3) is 11.4 Å². The first-order valence-electron chi connectivity index (χ1n) is 8.06. The number of nitrogen functional groups attached to an aromatic ring is 1. The fraction of sp³-hybridized carbons (Fsp3) is 0.111. The second kappa shape index (κ2) is 9.25. The predicted molar refractivity (Wildman–Crippen MR) is 108 cm³/mol. The van der Waals surface area contributed by atoms with Crippen molar-refractivity contribution in [2.75, 3.05) is 22.7 Å². The van der Waals surface area contributed by atoms with Gasteiger partial charge in [0.25, 0.3) is 0 Å². The Morgan fingerprint density at radius 2 is 1.93 bits per heavy atom. The third kappa shape index (κ3) is 4.82. The minimum Gasteiger partial charge on any atom is -0.335 e. The molecule has 142 valence electrons. The maximum absolute atomic E-state index is 13.1. The molecule has 3 rings (SSSR count). The number of para-hydroxylation sites is 1. The lowest BCUT2D eigenvalue weighted by atomic mass is 10.2. The van der Waals surface area contributed by atoms with Gasteiger partial charge in [-0.25, -0.2) is 9.07 Å². The van der Waals surface area contributed by atoms with E-state index in [4.69, 9.17) is 11.1 Å². The van der Waals surface area contributed by atoms with Gasteiger partial charge in [-0.15, -0.1) is 22.0 Å². The van der Waals surface area contributed by atoms with Crippen molar-refractivity contribution in [2.45, 2.75) is 10.1 Å². The Balaban J connectivity index is 1.63. The van der Waals surface area contributed by atoms with Gasteiger partial charge in [0, 0.05) is 10.5 Å². The average Bonchev–Trinajstić information content (AvgIpc) is 3.07. The van der Waals surface area contributed by atoms with E-state index in [9.17, 15) is 9.18 Å². The fourth-order valence-corrected chi connectivity index (χ4v) is 3.62. The van der Waals surface area contributed by atoms with Crippen LogP contribution < -0.4 is 11.2 Å². The van der Waals surface area contributed by atoms with Gasteiger partial charge < -0.3 is 11.2 Å². The van der Waals surface area contributed by atoms with Crippen LogP contribution in [0.15, 0.2) is 58.6 Å². The molecule has 2 aromatic carbocycles. The van der Waals surface area contributed by atoms with Crippen molar-refractivity contribution >= 4 is 35.1 Å². The molecule has 0 saturated carbocycles. The molecule has 0 radical (unpaired) electrons. The first-order valence-corrected chi connectivity index (χ1v) is 10.0. The number of nitrogens with one attached hydrogen (secondary N) is 1. The molecule has 0 aliphatic heterocycles. The molecular weight excluding hydrogens is 399 g/mol. The number of carbonyl (C=O) groups is 1. The molecular formula is C18H15FN6OS2. The lowest BCUT2D eigenvalue weighted by Crippen LogP contribution is -2.16. The Labute approximate surface area is 169 Å². The predicted octanol–water partition coefficient (Wildman–Crippen LogP) is 3.14. The molecule has 3 aromatic rings. The molecule has 1 aromatic heterocycles. The van der Waals surface area contributed by atoms with E-state index >= 15 is 0 Å². The van der Waals surface area contributed by atoms with Crippen molar-refractivity contribution in [3.63, 3.8) is 0 Å². The second-order valence-corrected chi connectivity index (χ2v) is 7.42. The second-order valence-electron chi connectivity index (χ2n) is 5.46. The molecule has 1 amide bonds. The van der Waals surface area contributed by atoms with Gasteiger partial charge in [0.2, 0.25) is 11.1 Å². The standard InChI is InChI=1S/C18H15FN6OS2/c19-13-7-5-12(6-8-13)17-23-24-18(25(17)21)28-11-16(26)22-14-3-1-2-4-15(14)27-10-9-20/h1-8H,10-11,21H2,(H,22,26). The Kier molecular flexibility index (Phi) is 6.52. The van der Waals surface area contributed by atoms with Crippen LogP contribution in [0.3, 0.4) is 0 Å². The zero-order valence-electron chi connectivity index (χ0n) is 14.5. The number of thioether (sulfide) groups is 2. The van der Waals surface area contributed by atoms with Crippen molar-refractivity contribution in [2.24, 2.45) is 0 Å². The number of hydrogen-bond acceptors (Lipinski definition) is 7. The van der Waals surface area contributed by atoms with E-state index < -0.39 is 0 Å². The number of nitrogens with zero attached hydrogens (tertiary/aromatic N) is 4. The summed E-state index contributed by atoms with van der Waals surface area (Å²) in [5.41, 5.74) is 1.27. The maximum atomic E-state index is 13.1. The number of aromatic nitrogens is 3. The minimum atomic E-state index is -0.355. The zero-order valence-corrected chi connectivity index (χ0v) is 16.1. The molecule has 7 nitrogen and oxygen atoms in total. The lowest BCUT2D eigenvalue weighted by molar-refractivity contribution is -0.113. The highest BCUT2D eigenvalue weighted by Crippen LogP contribution is 2.27. The van der Waals surface area contributed by atoms with Crippen molar-refractivity contribution in [3.05, 3.63) is 54.3 Å². The van der Waals surface area contributed by atoms with Gasteiger partial charge in [-0.3, -0.25) is 4.79 Å². The van der Waals surface area contributed by atoms with Crippen molar-refractivity contribution in [1.82, 2.24) is 14.9 Å². The molecule has 0 fully saturated rings. The monoisotopic (exact) mass is 414 g/mol. The van der Waals surface area contributed by atoms with Crippen LogP contribution in [-0.2, 0) is 4.79 Å². The highest BCUT2D eigenvalue weighted by molar-refractivity contribution is 8.00. The molecule has 3 N–H and O–H groups in total. The van der Waals surface area contributed by atoms with Crippen molar-refractivity contribution < 1.29 is 9.18 Å². The van der Waals surface area contributed by atoms with Crippen LogP contribution in [0.1, 0.15) is 0 Å². The van der Waals surface area contributed by atoms with E-state index in [0.29, 0.717) is 28.0 Å². The van der Waals surface area contributed by atoms with E-state index in [0.717, 1.165) is 16.7 Å². The number of anilines is 1. The summed E-state index contributed by atoms with van der Waals surface area (Å²) in [6.45, 7) is 0. The molecule has 0 aliphatic carbocycles. The van der Waals surface area contributed by atoms with Gasteiger partial charge in [-0.2, -0.15) is 5.26 Å². The van der Waals surface area contributed by atoms with E-state index in [2.05, 4.69) is 21.6 Å². The third-order valence-electron chi connectivity index (χ3n) is 3.55. The number of rotatable bonds is 7. The van der Waals surface area contributed by atoms with Gasteiger partial charge in [-0.1, -0.05) is 23.9 Å². The number of halogens is 1. The fourth-order valence-electron chi connectivity index (χ4n) is 2.29. The summed E-state index contributed by atoms with van der Waals surface area (Å²) in [6.07, 6.45) is 0.